The third-order valence-corrected chi connectivity index (χ3v) is 7.43. The molecule has 182 valence electrons. The molecule has 34 heavy (non-hydrogen) atoms. The van der Waals surface area contributed by atoms with Crippen molar-refractivity contribution in [3.63, 3.8) is 0 Å². The lowest BCUT2D eigenvalue weighted by Crippen LogP contribution is -2.42. The Bertz CT molecular complexity index is 1140. The van der Waals surface area contributed by atoms with E-state index in [2.05, 4.69) is 10.6 Å². The Morgan fingerprint density at radius 3 is 2.18 bits per heavy atom. The van der Waals surface area contributed by atoms with Crippen LogP contribution >= 0.6 is 0 Å². The minimum Gasteiger partial charge on any atom is -0.352 e. The minimum absolute atomic E-state index is 0.00231. The van der Waals surface area contributed by atoms with Crippen molar-refractivity contribution in [3.8, 4) is 0 Å². The quantitative estimate of drug-likeness (QED) is 0.433. The van der Waals surface area contributed by atoms with Gasteiger partial charge in [-0.25, -0.2) is 8.42 Å². The van der Waals surface area contributed by atoms with Gasteiger partial charge in [0.2, 0.25) is 15.9 Å². The highest BCUT2D eigenvalue weighted by atomic mass is 32.2. The summed E-state index contributed by atoms with van der Waals surface area (Å²) in [6.07, 6.45) is 1.01. The molecule has 11 heteroatoms. The third kappa shape index (κ3) is 6.39. The van der Waals surface area contributed by atoms with E-state index < -0.39 is 20.9 Å². The van der Waals surface area contributed by atoms with Crippen LogP contribution in [0.5, 0.6) is 0 Å². The molecule has 2 N–H and O–H groups in total. The number of nitrogens with one attached hydrogen (secondary N) is 2. The third-order valence-electron chi connectivity index (χ3n) is 5.59. The molecule has 0 aliphatic carbocycles. The van der Waals surface area contributed by atoms with Crippen LogP contribution in [0.15, 0.2) is 53.4 Å². The molecule has 2 atom stereocenters. The fraction of sp³-hybridized carbons (Fsp3) is 0.391. The smallest absolute Gasteiger partial charge is 0.269 e. The first-order valence-corrected chi connectivity index (χ1v) is 12.4. The number of carbonyl (C=O) groups is 2. The Balaban J connectivity index is 1.50. The standard InChI is InChI=1S/C23H28N4O6S/c1-16-13-17(2)15-26(14-16)34(32,33)21-9-5-19(6-10-21)25-22(28)11-12-24-23(29)18-3-7-20(8-4-18)27(30)31/h3-10,16-17H,11-15H2,1-2H3,(H,24,29)(H,25,28)/t16-,17+. The summed E-state index contributed by atoms with van der Waals surface area (Å²) in [5.74, 6) is -0.187. The van der Waals surface area contributed by atoms with Gasteiger partial charge in [0.05, 0.1) is 9.82 Å². The molecule has 10 nitrogen and oxygen atoms in total. The number of sulfonamides is 1. The van der Waals surface area contributed by atoms with Gasteiger partial charge in [0, 0.05) is 49.4 Å². The summed E-state index contributed by atoms with van der Waals surface area (Å²) in [6, 6.07) is 11.2. The molecule has 2 aromatic rings. The number of nitro groups is 1. The number of carbonyl (C=O) groups excluding carboxylic acids is 2. The maximum absolute atomic E-state index is 13.0. The van der Waals surface area contributed by atoms with Gasteiger partial charge in [-0.15, -0.1) is 0 Å². The second kappa shape index (κ2) is 10.7. The second-order valence-corrected chi connectivity index (χ2v) is 10.6. The topological polar surface area (TPSA) is 139 Å². The predicted octanol–water partition coefficient (Wildman–Crippen LogP) is 3.02. The molecular formula is C23H28N4O6S. The number of non-ortho nitro benzene ring substituents is 1. The molecule has 1 saturated heterocycles. The molecule has 2 amide bonds. The maximum Gasteiger partial charge on any atom is 0.269 e. The molecule has 1 heterocycles. The molecule has 0 unspecified atom stereocenters. The van der Waals surface area contributed by atoms with Crippen molar-refractivity contribution in [1.29, 1.82) is 0 Å². The first kappa shape index (κ1) is 25.3. The van der Waals surface area contributed by atoms with Crippen molar-refractivity contribution in [2.45, 2.75) is 31.6 Å². The first-order chi connectivity index (χ1) is 16.1. The van der Waals surface area contributed by atoms with Gasteiger partial charge in [0.25, 0.3) is 11.6 Å². The number of piperidine rings is 1. The van der Waals surface area contributed by atoms with E-state index in [0.717, 1.165) is 6.42 Å². The van der Waals surface area contributed by atoms with Crippen LogP contribution in [-0.2, 0) is 14.8 Å². The van der Waals surface area contributed by atoms with Crippen LogP contribution in [0.4, 0.5) is 11.4 Å². The van der Waals surface area contributed by atoms with Gasteiger partial charge < -0.3 is 10.6 Å². The molecule has 0 radical (unpaired) electrons. The number of anilines is 1. The number of hydrogen-bond donors (Lipinski definition) is 2. The highest BCUT2D eigenvalue weighted by Gasteiger charge is 2.31. The molecule has 0 aromatic heterocycles. The van der Waals surface area contributed by atoms with E-state index in [1.165, 1.54) is 52.8 Å². The monoisotopic (exact) mass is 488 g/mol. The zero-order valence-electron chi connectivity index (χ0n) is 19.1. The van der Waals surface area contributed by atoms with Crippen LogP contribution in [-0.4, -0.2) is 49.1 Å². The molecule has 1 aliphatic heterocycles. The lowest BCUT2D eigenvalue weighted by atomic mass is 9.94. The first-order valence-electron chi connectivity index (χ1n) is 11.0. The van der Waals surface area contributed by atoms with Crippen LogP contribution in [0, 0.1) is 22.0 Å². The van der Waals surface area contributed by atoms with E-state index in [9.17, 15) is 28.1 Å². The number of amides is 2. The van der Waals surface area contributed by atoms with Gasteiger partial charge in [0.1, 0.15) is 0 Å². The lowest BCUT2D eigenvalue weighted by molar-refractivity contribution is -0.384. The van der Waals surface area contributed by atoms with Crippen LogP contribution in [0.2, 0.25) is 0 Å². The zero-order valence-corrected chi connectivity index (χ0v) is 19.9. The highest BCUT2D eigenvalue weighted by Crippen LogP contribution is 2.27. The van der Waals surface area contributed by atoms with Crippen molar-refractivity contribution in [3.05, 3.63) is 64.2 Å². The number of rotatable bonds is 8. The van der Waals surface area contributed by atoms with Gasteiger partial charge >= 0.3 is 0 Å². The van der Waals surface area contributed by atoms with E-state index in [1.807, 2.05) is 13.8 Å². The summed E-state index contributed by atoms with van der Waals surface area (Å²) in [5, 5.41) is 15.9. The number of benzene rings is 2. The Hall–Kier alpha value is -3.31. The van der Waals surface area contributed by atoms with Crippen LogP contribution in [0.3, 0.4) is 0 Å². The van der Waals surface area contributed by atoms with Crippen molar-refractivity contribution in [2.24, 2.45) is 11.8 Å². The Kier molecular flexibility index (Phi) is 8.00. The second-order valence-electron chi connectivity index (χ2n) is 8.65. The lowest BCUT2D eigenvalue weighted by Gasteiger charge is -2.34. The number of hydrogen-bond acceptors (Lipinski definition) is 6. The minimum atomic E-state index is -3.59. The molecule has 0 saturated carbocycles. The average molecular weight is 489 g/mol. The van der Waals surface area contributed by atoms with Gasteiger partial charge in [-0.2, -0.15) is 4.31 Å². The molecule has 1 aliphatic rings. The van der Waals surface area contributed by atoms with Crippen molar-refractivity contribution >= 4 is 33.2 Å². The Morgan fingerprint density at radius 2 is 1.62 bits per heavy atom. The van der Waals surface area contributed by atoms with Crippen molar-refractivity contribution < 1.29 is 22.9 Å². The summed E-state index contributed by atoms with van der Waals surface area (Å²) in [6.45, 7) is 5.16. The molecule has 0 bridgehead atoms. The number of nitro benzene ring substituents is 1. The SMILES string of the molecule is C[C@@H]1C[C@H](C)CN(S(=O)(=O)c2ccc(NC(=O)CCNC(=O)c3ccc([N+](=O)[O-])cc3)cc2)C1. The van der Waals surface area contributed by atoms with E-state index >= 15 is 0 Å². The zero-order chi connectivity index (χ0) is 24.9. The highest BCUT2D eigenvalue weighted by molar-refractivity contribution is 7.89. The average Bonchev–Trinajstić information content (AvgIpc) is 2.78. The maximum atomic E-state index is 13.0. The van der Waals surface area contributed by atoms with Crippen molar-refractivity contribution in [1.82, 2.24) is 9.62 Å². The van der Waals surface area contributed by atoms with E-state index in [4.69, 9.17) is 0 Å². The van der Waals surface area contributed by atoms with Gasteiger partial charge in [-0.3, -0.25) is 19.7 Å². The van der Waals surface area contributed by atoms with E-state index in [1.54, 1.807) is 0 Å². The van der Waals surface area contributed by atoms with E-state index in [-0.39, 0.29) is 35.0 Å². The summed E-state index contributed by atoms with van der Waals surface area (Å²) in [4.78, 5) is 34.6. The number of nitrogens with zero attached hydrogens (tertiary/aromatic N) is 2. The van der Waals surface area contributed by atoms with E-state index in [0.29, 0.717) is 30.6 Å². The summed E-state index contributed by atoms with van der Waals surface area (Å²) >= 11 is 0. The van der Waals surface area contributed by atoms with Crippen LogP contribution in [0.1, 0.15) is 37.0 Å². The van der Waals surface area contributed by atoms with Gasteiger partial charge in [-0.05, 0) is 54.7 Å². The predicted molar refractivity (Wildman–Crippen MR) is 127 cm³/mol. The normalized spacial score (nSPS) is 18.8. The molecule has 0 spiro atoms. The fourth-order valence-electron chi connectivity index (χ4n) is 4.01. The van der Waals surface area contributed by atoms with Crippen molar-refractivity contribution in [2.75, 3.05) is 25.0 Å². The Morgan fingerprint density at radius 1 is 1.03 bits per heavy atom. The molecular weight excluding hydrogens is 460 g/mol. The van der Waals surface area contributed by atoms with Crippen LogP contribution < -0.4 is 10.6 Å². The van der Waals surface area contributed by atoms with Gasteiger partial charge in [-0.1, -0.05) is 13.8 Å². The largest absolute Gasteiger partial charge is 0.352 e. The van der Waals surface area contributed by atoms with Gasteiger partial charge in [0.15, 0.2) is 0 Å². The fourth-order valence-corrected chi connectivity index (χ4v) is 5.69. The molecule has 1 fully saturated rings. The van der Waals surface area contributed by atoms with Crippen LogP contribution in [0.25, 0.3) is 0 Å². The molecule has 2 aromatic carbocycles. The Labute approximate surface area is 198 Å². The summed E-state index contributed by atoms with van der Waals surface area (Å²) < 4.78 is 27.4. The summed E-state index contributed by atoms with van der Waals surface area (Å²) in [5.41, 5.74) is 0.584. The molecule has 3 rings (SSSR count). The summed E-state index contributed by atoms with van der Waals surface area (Å²) in [7, 11) is -3.59.